The fourth-order valence-electron chi connectivity index (χ4n) is 1.75. The third kappa shape index (κ3) is 4.11. The first-order chi connectivity index (χ1) is 9.60. The van der Waals surface area contributed by atoms with E-state index in [1.54, 1.807) is 6.20 Å². The lowest BCUT2D eigenvalue weighted by molar-refractivity contribution is 0.760. The second-order valence-corrected chi connectivity index (χ2v) is 6.03. The molecule has 0 saturated carbocycles. The first kappa shape index (κ1) is 15.6. The molecule has 2 heterocycles. The smallest absolute Gasteiger partial charge is 0.152 e. The standard InChI is InChI=1S/C13H15BrCl2N4/c1-2-3-4-11-19-10(13(16)20-11)7-17-9-5-8(14)6-18-12(9)15/h5-6,17H,2-4,7H2,1H3,(H,19,20). The van der Waals surface area contributed by atoms with Crippen LogP contribution in [-0.4, -0.2) is 15.0 Å². The number of aryl methyl sites for hydroxylation is 1. The molecule has 108 valence electrons. The van der Waals surface area contributed by atoms with Crippen LogP contribution >= 0.6 is 39.1 Å². The van der Waals surface area contributed by atoms with E-state index in [9.17, 15) is 0 Å². The van der Waals surface area contributed by atoms with E-state index in [-0.39, 0.29) is 0 Å². The van der Waals surface area contributed by atoms with Crippen LogP contribution in [-0.2, 0) is 13.0 Å². The van der Waals surface area contributed by atoms with Crippen molar-refractivity contribution < 1.29 is 0 Å². The van der Waals surface area contributed by atoms with Crippen LogP contribution in [0.4, 0.5) is 5.69 Å². The molecule has 2 aromatic heterocycles. The molecule has 0 fully saturated rings. The molecule has 0 atom stereocenters. The maximum absolute atomic E-state index is 6.12. The predicted molar refractivity (Wildman–Crippen MR) is 86.5 cm³/mol. The van der Waals surface area contributed by atoms with Gasteiger partial charge >= 0.3 is 0 Å². The molecule has 0 amide bonds. The molecule has 7 heteroatoms. The van der Waals surface area contributed by atoms with Gasteiger partial charge in [0, 0.05) is 17.1 Å². The van der Waals surface area contributed by atoms with Crippen LogP contribution in [0.3, 0.4) is 0 Å². The maximum atomic E-state index is 6.12. The lowest BCUT2D eigenvalue weighted by Gasteiger charge is -2.07. The Morgan fingerprint density at radius 2 is 2.15 bits per heavy atom. The minimum absolute atomic E-state index is 0.426. The zero-order valence-electron chi connectivity index (χ0n) is 11.0. The van der Waals surface area contributed by atoms with E-state index in [0.717, 1.165) is 40.9 Å². The summed E-state index contributed by atoms with van der Waals surface area (Å²) < 4.78 is 0.865. The molecule has 0 aliphatic rings. The van der Waals surface area contributed by atoms with Gasteiger partial charge in [0.2, 0.25) is 0 Å². The largest absolute Gasteiger partial charge is 0.377 e. The van der Waals surface area contributed by atoms with Gasteiger partial charge in [0.05, 0.1) is 17.9 Å². The number of hydrogen-bond donors (Lipinski definition) is 2. The summed E-state index contributed by atoms with van der Waals surface area (Å²) in [5, 5.41) is 4.13. The Hall–Kier alpha value is -0.780. The highest BCUT2D eigenvalue weighted by Gasteiger charge is 2.09. The molecule has 0 saturated heterocycles. The summed E-state index contributed by atoms with van der Waals surface area (Å²) in [5.74, 6) is 0.923. The number of aromatic amines is 1. The Morgan fingerprint density at radius 3 is 2.90 bits per heavy atom. The Balaban J connectivity index is 2.03. The molecular formula is C13H15BrCl2N4. The number of H-pyrrole nitrogens is 1. The van der Waals surface area contributed by atoms with E-state index >= 15 is 0 Å². The highest BCUT2D eigenvalue weighted by Crippen LogP contribution is 2.24. The Morgan fingerprint density at radius 1 is 1.35 bits per heavy atom. The summed E-state index contributed by atoms with van der Waals surface area (Å²) in [4.78, 5) is 11.6. The quantitative estimate of drug-likeness (QED) is 0.709. The van der Waals surface area contributed by atoms with Crippen molar-refractivity contribution in [3.8, 4) is 0 Å². The van der Waals surface area contributed by atoms with Gasteiger partial charge in [-0.1, -0.05) is 36.5 Å². The van der Waals surface area contributed by atoms with E-state index in [4.69, 9.17) is 23.2 Å². The Kier molecular flexibility index (Phi) is 5.69. The van der Waals surface area contributed by atoms with Crippen molar-refractivity contribution in [3.05, 3.63) is 38.6 Å². The normalized spacial score (nSPS) is 10.8. The van der Waals surface area contributed by atoms with Crippen molar-refractivity contribution in [1.29, 1.82) is 0 Å². The Labute approximate surface area is 136 Å². The zero-order valence-corrected chi connectivity index (χ0v) is 14.1. The second-order valence-electron chi connectivity index (χ2n) is 4.40. The molecule has 20 heavy (non-hydrogen) atoms. The van der Waals surface area contributed by atoms with Crippen molar-refractivity contribution in [3.63, 3.8) is 0 Å². The molecule has 0 aliphatic heterocycles. The summed E-state index contributed by atoms with van der Waals surface area (Å²) in [5.41, 5.74) is 1.61. The summed E-state index contributed by atoms with van der Waals surface area (Å²) in [6, 6.07) is 1.87. The van der Waals surface area contributed by atoms with Crippen molar-refractivity contribution in [2.45, 2.75) is 32.7 Å². The number of nitrogens with zero attached hydrogens (tertiary/aromatic N) is 2. The van der Waals surface area contributed by atoms with Crippen molar-refractivity contribution in [1.82, 2.24) is 15.0 Å². The zero-order chi connectivity index (χ0) is 14.5. The van der Waals surface area contributed by atoms with Gasteiger partial charge < -0.3 is 10.3 Å². The highest BCUT2D eigenvalue weighted by atomic mass is 79.9. The molecule has 0 spiro atoms. The maximum Gasteiger partial charge on any atom is 0.152 e. The average molecular weight is 378 g/mol. The van der Waals surface area contributed by atoms with Gasteiger partial charge in [-0.2, -0.15) is 0 Å². The Bertz CT molecular complexity index is 586. The van der Waals surface area contributed by atoms with Crippen LogP contribution in [0.25, 0.3) is 0 Å². The van der Waals surface area contributed by atoms with Crippen LogP contribution in [0.2, 0.25) is 10.3 Å². The van der Waals surface area contributed by atoms with Crippen LogP contribution < -0.4 is 5.32 Å². The van der Waals surface area contributed by atoms with Crippen LogP contribution in [0.5, 0.6) is 0 Å². The molecule has 0 bridgehead atoms. The van der Waals surface area contributed by atoms with Crippen molar-refractivity contribution in [2.24, 2.45) is 0 Å². The van der Waals surface area contributed by atoms with E-state index in [1.807, 2.05) is 6.07 Å². The van der Waals surface area contributed by atoms with Crippen LogP contribution in [0.15, 0.2) is 16.7 Å². The predicted octanol–water partition coefficient (Wildman–Crippen LogP) is 4.83. The van der Waals surface area contributed by atoms with Crippen molar-refractivity contribution in [2.75, 3.05) is 5.32 Å². The summed E-state index contributed by atoms with van der Waals surface area (Å²) >= 11 is 15.5. The molecule has 0 aliphatic carbocycles. The SMILES string of the molecule is CCCCc1nc(Cl)c(CNc2cc(Br)cnc2Cl)[nH]1. The molecule has 2 rings (SSSR count). The van der Waals surface area contributed by atoms with Crippen molar-refractivity contribution >= 4 is 44.8 Å². The highest BCUT2D eigenvalue weighted by molar-refractivity contribution is 9.10. The number of pyridine rings is 1. The summed E-state index contributed by atoms with van der Waals surface area (Å²) in [6.07, 6.45) is 4.79. The van der Waals surface area contributed by atoms with E-state index in [0.29, 0.717) is 16.9 Å². The molecular weight excluding hydrogens is 363 g/mol. The number of unbranched alkanes of at least 4 members (excludes halogenated alkanes) is 1. The molecule has 0 unspecified atom stereocenters. The fraction of sp³-hybridized carbons (Fsp3) is 0.385. The molecule has 0 aromatic carbocycles. The number of anilines is 1. The lowest BCUT2D eigenvalue weighted by atomic mass is 10.2. The van der Waals surface area contributed by atoms with E-state index in [1.165, 1.54) is 0 Å². The first-order valence-corrected chi connectivity index (χ1v) is 7.93. The van der Waals surface area contributed by atoms with Gasteiger partial charge in [-0.3, -0.25) is 0 Å². The molecule has 2 aromatic rings. The lowest BCUT2D eigenvalue weighted by Crippen LogP contribution is -2.02. The fourth-order valence-corrected chi connectivity index (χ4v) is 2.47. The number of imidazole rings is 1. The second kappa shape index (κ2) is 7.29. The minimum atomic E-state index is 0.426. The molecule has 0 radical (unpaired) electrons. The molecule has 4 nitrogen and oxygen atoms in total. The van der Waals surface area contributed by atoms with Crippen LogP contribution in [0, 0.1) is 0 Å². The van der Waals surface area contributed by atoms with Gasteiger partial charge in [0.15, 0.2) is 10.3 Å². The van der Waals surface area contributed by atoms with E-state index < -0.39 is 0 Å². The average Bonchev–Trinajstić information content (AvgIpc) is 2.78. The van der Waals surface area contributed by atoms with Gasteiger partial charge in [0.1, 0.15) is 5.82 Å². The number of halogens is 3. The van der Waals surface area contributed by atoms with Gasteiger partial charge in [-0.15, -0.1) is 0 Å². The number of aromatic nitrogens is 3. The third-order valence-corrected chi connectivity index (χ3v) is 3.85. The van der Waals surface area contributed by atoms with Crippen LogP contribution in [0.1, 0.15) is 31.3 Å². The van der Waals surface area contributed by atoms with Gasteiger partial charge in [-0.05, 0) is 28.4 Å². The number of rotatable bonds is 6. The summed E-state index contributed by atoms with van der Waals surface area (Å²) in [7, 11) is 0. The number of hydrogen-bond acceptors (Lipinski definition) is 3. The first-order valence-electron chi connectivity index (χ1n) is 6.38. The van der Waals surface area contributed by atoms with Gasteiger partial charge in [0.25, 0.3) is 0 Å². The van der Waals surface area contributed by atoms with Gasteiger partial charge in [-0.25, -0.2) is 9.97 Å². The topological polar surface area (TPSA) is 53.6 Å². The third-order valence-electron chi connectivity index (χ3n) is 2.81. The van der Waals surface area contributed by atoms with E-state index in [2.05, 4.69) is 43.1 Å². The molecule has 2 N–H and O–H groups in total. The minimum Gasteiger partial charge on any atom is -0.377 e. The monoisotopic (exact) mass is 376 g/mol. The summed E-state index contributed by atoms with van der Waals surface area (Å²) in [6.45, 7) is 2.67. The number of nitrogens with one attached hydrogen (secondary N) is 2.